The average Bonchev–Trinajstić information content (AvgIpc) is 3.46. The molecule has 2 aliphatic rings. The first-order chi connectivity index (χ1) is 15.9. The molecular weight excluding hydrogens is 438 g/mol. The van der Waals surface area contributed by atoms with E-state index in [1.807, 2.05) is 48.7 Å². The lowest BCUT2D eigenvalue weighted by Crippen LogP contribution is -2.50. The van der Waals surface area contributed by atoms with Gasteiger partial charge in [0.2, 0.25) is 5.91 Å². The third kappa shape index (κ3) is 4.93. The highest BCUT2D eigenvalue weighted by Crippen LogP contribution is 2.43. The first-order valence-electron chi connectivity index (χ1n) is 11.2. The Morgan fingerprint density at radius 1 is 1.21 bits per heavy atom. The Morgan fingerprint density at radius 3 is 2.58 bits per heavy atom. The second-order valence-electron chi connectivity index (χ2n) is 8.78. The topological polar surface area (TPSA) is 99.5 Å². The zero-order chi connectivity index (χ0) is 23.4. The summed E-state index contributed by atoms with van der Waals surface area (Å²) in [5, 5.41) is 14.2. The van der Waals surface area contributed by atoms with Crippen LogP contribution in [0.3, 0.4) is 0 Å². The van der Waals surface area contributed by atoms with E-state index in [1.54, 1.807) is 4.90 Å². The van der Waals surface area contributed by atoms with Crippen molar-refractivity contribution in [3.63, 3.8) is 0 Å². The fraction of sp³-hybridized carbons (Fsp3) is 0.440. The maximum absolute atomic E-state index is 13.0. The number of esters is 1. The minimum Gasteiger partial charge on any atom is -0.455 e. The molecule has 1 aliphatic heterocycles. The van der Waals surface area contributed by atoms with Crippen molar-refractivity contribution in [1.82, 2.24) is 5.32 Å². The van der Waals surface area contributed by atoms with E-state index in [0.717, 1.165) is 35.4 Å². The monoisotopic (exact) mass is 465 g/mol. The molecule has 7 nitrogen and oxygen atoms in total. The van der Waals surface area contributed by atoms with Crippen LogP contribution in [0.5, 0.6) is 0 Å². The molecule has 172 valence electrons. The summed E-state index contributed by atoms with van der Waals surface area (Å²) in [4.78, 5) is 41.0. The number of hydrogen-bond acceptors (Lipinski definition) is 6. The van der Waals surface area contributed by atoms with Gasteiger partial charge in [0.15, 0.2) is 6.61 Å². The van der Waals surface area contributed by atoms with Gasteiger partial charge in [-0.2, -0.15) is 5.26 Å². The average molecular weight is 466 g/mol. The number of amides is 2. The first-order valence-corrected chi connectivity index (χ1v) is 12.1. The normalized spacial score (nSPS) is 21.9. The minimum absolute atomic E-state index is 0.0129. The van der Waals surface area contributed by atoms with E-state index in [-0.39, 0.29) is 12.3 Å². The van der Waals surface area contributed by atoms with Crippen LogP contribution in [0.4, 0.5) is 5.69 Å². The van der Waals surface area contributed by atoms with Gasteiger partial charge in [-0.15, -0.1) is 11.3 Å². The van der Waals surface area contributed by atoms with Gasteiger partial charge >= 0.3 is 5.97 Å². The van der Waals surface area contributed by atoms with Gasteiger partial charge in [-0.3, -0.25) is 14.4 Å². The summed E-state index contributed by atoms with van der Waals surface area (Å²) in [6.07, 6.45) is 4.04. The van der Waals surface area contributed by atoms with Gasteiger partial charge in [-0.05, 0) is 43.3 Å². The standard InChI is InChI=1S/C25H27N3O4S/c1-17-7-9-18(10-8-17)28-22(30)14-19(23(28)20-6-5-13-33-20)24(31)32-15-21(29)27-25(16-26)11-3-2-4-12-25/h5-10,13,19,23H,2-4,11-12,14-15H2,1H3,(H,27,29). The van der Waals surface area contributed by atoms with E-state index >= 15 is 0 Å². The van der Waals surface area contributed by atoms with Crippen molar-refractivity contribution in [2.24, 2.45) is 5.92 Å². The Bertz CT molecular complexity index is 1050. The fourth-order valence-corrected chi connectivity index (χ4v) is 5.59. The Labute approximate surface area is 197 Å². The molecule has 4 rings (SSSR count). The van der Waals surface area contributed by atoms with Gasteiger partial charge in [0.25, 0.3) is 5.91 Å². The highest BCUT2D eigenvalue weighted by atomic mass is 32.1. The lowest BCUT2D eigenvalue weighted by molar-refractivity contribution is -0.153. The van der Waals surface area contributed by atoms with Gasteiger partial charge in [0.1, 0.15) is 5.54 Å². The number of anilines is 1. The Kier molecular flexibility index (Phi) is 6.80. The first kappa shape index (κ1) is 23.0. The van der Waals surface area contributed by atoms with E-state index in [0.29, 0.717) is 12.8 Å². The number of carbonyl (C=O) groups is 3. The van der Waals surface area contributed by atoms with E-state index in [2.05, 4.69) is 11.4 Å². The quantitative estimate of drug-likeness (QED) is 0.649. The number of nitrogens with one attached hydrogen (secondary N) is 1. The Morgan fingerprint density at radius 2 is 1.94 bits per heavy atom. The molecule has 0 bridgehead atoms. The zero-order valence-electron chi connectivity index (χ0n) is 18.6. The number of ether oxygens (including phenoxy) is 1. The molecule has 1 saturated heterocycles. The van der Waals surface area contributed by atoms with Crippen LogP contribution in [0.1, 0.15) is 55.0 Å². The summed E-state index contributed by atoms with van der Waals surface area (Å²) in [7, 11) is 0. The van der Waals surface area contributed by atoms with Crippen LogP contribution < -0.4 is 10.2 Å². The van der Waals surface area contributed by atoms with Gasteiger partial charge in [-0.1, -0.05) is 43.0 Å². The summed E-state index contributed by atoms with van der Waals surface area (Å²) >= 11 is 1.48. The highest BCUT2D eigenvalue weighted by Gasteiger charge is 2.47. The number of carbonyl (C=O) groups excluding carboxylic acids is 3. The van der Waals surface area contributed by atoms with Crippen LogP contribution in [-0.2, 0) is 19.1 Å². The lowest BCUT2D eigenvalue weighted by atomic mass is 9.83. The van der Waals surface area contributed by atoms with Gasteiger partial charge < -0.3 is 15.0 Å². The predicted octanol–water partition coefficient (Wildman–Crippen LogP) is 4.04. The van der Waals surface area contributed by atoms with Crippen LogP contribution in [0, 0.1) is 24.2 Å². The molecule has 2 fully saturated rings. The van der Waals surface area contributed by atoms with Crippen LogP contribution in [0.25, 0.3) is 0 Å². The maximum atomic E-state index is 13.0. The Balaban J connectivity index is 1.47. The number of rotatable bonds is 6. The third-order valence-electron chi connectivity index (χ3n) is 6.42. The van der Waals surface area contributed by atoms with Gasteiger partial charge in [0, 0.05) is 17.0 Å². The number of aryl methyl sites for hydroxylation is 1. The molecule has 33 heavy (non-hydrogen) atoms. The third-order valence-corrected chi connectivity index (χ3v) is 7.36. The number of thiophene rings is 1. The molecule has 1 N–H and O–H groups in total. The van der Waals surface area contributed by atoms with E-state index in [9.17, 15) is 19.6 Å². The second-order valence-corrected chi connectivity index (χ2v) is 9.76. The molecule has 0 spiro atoms. The molecule has 1 saturated carbocycles. The summed E-state index contributed by atoms with van der Waals surface area (Å²) in [5.41, 5.74) is 0.922. The number of hydrogen-bond donors (Lipinski definition) is 1. The van der Waals surface area contributed by atoms with Crippen molar-refractivity contribution in [3.8, 4) is 6.07 Å². The summed E-state index contributed by atoms with van der Waals surface area (Å²) < 4.78 is 5.36. The van der Waals surface area contributed by atoms with Crippen molar-refractivity contribution in [1.29, 1.82) is 5.26 Å². The predicted molar refractivity (Wildman–Crippen MR) is 124 cm³/mol. The van der Waals surface area contributed by atoms with E-state index < -0.39 is 36.0 Å². The van der Waals surface area contributed by atoms with Crippen molar-refractivity contribution in [3.05, 3.63) is 52.2 Å². The van der Waals surface area contributed by atoms with Gasteiger partial charge in [-0.25, -0.2) is 0 Å². The number of nitrogens with zero attached hydrogens (tertiary/aromatic N) is 2. The molecule has 2 atom stereocenters. The summed E-state index contributed by atoms with van der Waals surface area (Å²) in [6.45, 7) is 1.51. The molecule has 2 unspecified atom stereocenters. The molecule has 2 aromatic rings. The number of nitriles is 1. The molecule has 2 heterocycles. The molecule has 1 aliphatic carbocycles. The van der Waals surface area contributed by atoms with E-state index in [1.165, 1.54) is 11.3 Å². The molecule has 1 aromatic carbocycles. The highest BCUT2D eigenvalue weighted by molar-refractivity contribution is 7.10. The van der Waals surface area contributed by atoms with Crippen LogP contribution in [0.2, 0.25) is 0 Å². The maximum Gasteiger partial charge on any atom is 0.312 e. The summed E-state index contributed by atoms with van der Waals surface area (Å²) in [6, 6.07) is 13.1. The smallest absolute Gasteiger partial charge is 0.312 e. The Hall–Kier alpha value is -3.18. The molecule has 2 amide bonds. The largest absolute Gasteiger partial charge is 0.455 e. The molecule has 8 heteroatoms. The van der Waals surface area contributed by atoms with Crippen molar-refractivity contribution < 1.29 is 19.1 Å². The SMILES string of the molecule is Cc1ccc(N2C(=O)CC(C(=O)OCC(=O)NC3(C#N)CCCCC3)C2c2cccs2)cc1. The zero-order valence-corrected chi connectivity index (χ0v) is 19.4. The van der Waals surface area contributed by atoms with Crippen molar-refractivity contribution >= 4 is 34.8 Å². The molecule has 1 aromatic heterocycles. The van der Waals surface area contributed by atoms with Gasteiger partial charge in [0.05, 0.1) is 18.0 Å². The number of benzene rings is 1. The van der Waals surface area contributed by atoms with Crippen LogP contribution in [-0.4, -0.2) is 29.9 Å². The van der Waals surface area contributed by atoms with Crippen LogP contribution >= 0.6 is 11.3 Å². The fourth-order valence-electron chi connectivity index (χ4n) is 4.71. The lowest BCUT2D eigenvalue weighted by Gasteiger charge is -2.31. The minimum atomic E-state index is -0.882. The van der Waals surface area contributed by atoms with Crippen molar-refractivity contribution in [2.45, 2.75) is 57.0 Å². The molecular formula is C25H27N3O4S. The summed E-state index contributed by atoms with van der Waals surface area (Å²) in [5.74, 6) is -1.94. The van der Waals surface area contributed by atoms with E-state index in [4.69, 9.17) is 4.74 Å². The second kappa shape index (κ2) is 9.75. The van der Waals surface area contributed by atoms with Crippen LogP contribution in [0.15, 0.2) is 41.8 Å². The van der Waals surface area contributed by atoms with Crippen molar-refractivity contribution in [2.75, 3.05) is 11.5 Å². The molecule has 0 radical (unpaired) electrons.